The molecule has 90 heavy (non-hydrogen) atoms. The first kappa shape index (κ1) is 76.3. The molecule has 0 bridgehead atoms. The quantitative estimate of drug-likeness (QED) is 0.0204. The molecule has 4 unspecified atom stereocenters. The third kappa shape index (κ3) is 32.8. The van der Waals surface area contributed by atoms with E-state index in [0.29, 0.717) is 11.1 Å². The smallest absolute Gasteiger partial charge is 0.490 e. The first-order valence-electron chi connectivity index (χ1n) is 27.0. The third-order valence-electron chi connectivity index (χ3n) is 10.6. The lowest BCUT2D eigenvalue weighted by molar-refractivity contribution is -0.144. The normalized spacial score (nSPS) is 11.8. The molecule has 0 aliphatic carbocycles. The van der Waals surface area contributed by atoms with Gasteiger partial charge in [0.15, 0.2) is 24.4 Å². The fourth-order valence-electron chi connectivity index (χ4n) is 5.80. The molecule has 0 saturated carbocycles. The Morgan fingerprint density at radius 1 is 0.311 bits per heavy atom. The molecule has 0 fully saturated rings. The van der Waals surface area contributed by atoms with Gasteiger partial charge in [0, 0.05) is 11.1 Å². The van der Waals surface area contributed by atoms with Crippen LogP contribution in [0.4, 0.5) is 19.2 Å². The lowest BCUT2D eigenvalue weighted by Gasteiger charge is -2.19. The van der Waals surface area contributed by atoms with Crippen LogP contribution in [0.2, 0.25) is 0 Å². The van der Waals surface area contributed by atoms with Crippen molar-refractivity contribution in [3.63, 3.8) is 0 Å². The Bertz CT molecular complexity index is 2600. The number of ether oxygens (including phenoxy) is 18. The summed E-state index contributed by atoms with van der Waals surface area (Å²) in [4.78, 5) is 125. The second kappa shape index (κ2) is 43.0. The third-order valence-corrected chi connectivity index (χ3v) is 10.6. The van der Waals surface area contributed by atoms with Gasteiger partial charge in [-0.2, -0.15) is 0 Å². The van der Waals surface area contributed by atoms with Crippen LogP contribution >= 0.6 is 0 Å². The van der Waals surface area contributed by atoms with E-state index < -0.39 is 138 Å². The summed E-state index contributed by atoms with van der Waals surface area (Å²) in [5.74, 6) is -4.88. The molecule has 0 radical (unpaired) electrons. The van der Waals surface area contributed by atoms with Crippen molar-refractivity contribution in [2.24, 2.45) is 0 Å². The van der Waals surface area contributed by atoms with Gasteiger partial charge in [-0.15, -0.1) is 0 Å². The number of hydrogen-bond acceptors (Lipinski definition) is 30. The predicted octanol–water partition coefficient (Wildman–Crippen LogP) is 5.57. The topological polar surface area (TPSA) is 377 Å². The molecule has 0 aliphatic heterocycles. The van der Waals surface area contributed by atoms with Gasteiger partial charge in [-0.1, -0.05) is 39.5 Å². The van der Waals surface area contributed by atoms with E-state index in [9.17, 15) is 47.9 Å². The van der Waals surface area contributed by atoms with Crippen LogP contribution < -0.4 is 0 Å². The van der Waals surface area contributed by atoms with Crippen LogP contribution in [0.5, 0.6) is 0 Å². The van der Waals surface area contributed by atoms with E-state index >= 15 is 0 Å². The Kier molecular flexibility index (Phi) is 36.4. The number of carbonyl (C=O) groups excluding carboxylic acids is 10. The summed E-state index contributed by atoms with van der Waals surface area (Å²) in [5, 5.41) is 17.8. The van der Waals surface area contributed by atoms with Gasteiger partial charge in [-0.25, -0.2) is 47.9 Å². The van der Waals surface area contributed by atoms with Gasteiger partial charge in [-0.3, -0.25) is 0 Å². The highest BCUT2D eigenvalue weighted by Crippen LogP contribution is 2.15. The van der Waals surface area contributed by atoms with E-state index in [2.05, 4.69) is 44.2 Å². The molecule has 0 spiro atoms. The first-order valence-corrected chi connectivity index (χ1v) is 27.0. The van der Waals surface area contributed by atoms with Crippen molar-refractivity contribution in [2.45, 2.75) is 52.1 Å². The van der Waals surface area contributed by atoms with Gasteiger partial charge in [0.05, 0.1) is 61.9 Å². The molecule has 0 aliphatic rings. The molecule has 0 heterocycles. The summed E-state index contributed by atoms with van der Waals surface area (Å²) in [5.41, 5.74) is 0.922. The highest BCUT2D eigenvalue weighted by Gasteiger charge is 2.26. The Morgan fingerprint density at radius 3 is 0.767 bits per heavy atom. The molecule has 30 heteroatoms. The fourth-order valence-corrected chi connectivity index (χ4v) is 5.80. The highest BCUT2D eigenvalue weighted by molar-refractivity contribution is 5.94. The second-order valence-corrected chi connectivity index (χ2v) is 18.4. The van der Waals surface area contributed by atoms with Crippen molar-refractivity contribution in [1.29, 1.82) is 0 Å². The zero-order chi connectivity index (χ0) is 67.0. The van der Waals surface area contributed by atoms with Crippen molar-refractivity contribution < 1.29 is 143 Å². The molecular formula is C60H74O30. The fraction of sp³-hybridized carbons (Fsp3) is 0.433. The minimum absolute atomic E-state index is 0.00183. The predicted molar refractivity (Wildman–Crippen MR) is 306 cm³/mol. The zero-order valence-electron chi connectivity index (χ0n) is 50.2. The average molecular weight is 1280 g/mol. The molecule has 0 amide bonds. The lowest BCUT2D eigenvalue weighted by atomic mass is 10.1. The van der Waals surface area contributed by atoms with Crippen LogP contribution in [-0.4, -0.2) is 214 Å². The first-order chi connectivity index (χ1) is 42.8. The molecule has 30 nitrogen and oxygen atoms in total. The minimum Gasteiger partial charge on any atom is -0.490 e. The average Bonchev–Trinajstić information content (AvgIpc) is 3.38. The van der Waals surface area contributed by atoms with Gasteiger partial charge in [0.25, 0.3) is 0 Å². The largest absolute Gasteiger partial charge is 0.508 e. The Balaban J connectivity index is 1.82. The Labute approximate surface area is 517 Å². The van der Waals surface area contributed by atoms with Crippen LogP contribution in [-0.2, 0) is 94.9 Å². The molecule has 4 atom stereocenters. The van der Waals surface area contributed by atoms with Crippen molar-refractivity contribution in [3.8, 4) is 0 Å². The summed E-state index contributed by atoms with van der Waals surface area (Å²) < 4.78 is 92.9. The van der Waals surface area contributed by atoms with E-state index in [0.717, 1.165) is 0 Å². The van der Waals surface area contributed by atoms with Gasteiger partial charge in [-0.05, 0) is 87.4 Å². The minimum atomic E-state index is -1.37. The van der Waals surface area contributed by atoms with Crippen LogP contribution in [0.3, 0.4) is 0 Å². The number of aliphatic hydroxyl groups excluding tert-OH is 2. The standard InChI is InChI=1S/C60H74O30/c1-37(2)41(9)79-29-47(87-57(69)75-21-19-61)33-83-53(65)43-11-13-44(14-12-43)54(66)84-34-48(30-80-42(10)38(3)4)88-59(71)77-27-25-73-23-24-74-26-28-78-60(72)90-50(32-82-52(64)40(7)8)36-86-56(68)46-17-15-45(16-18-46)55(67)85-35-49(31-81-51(63)39(5)6)89-58(70)76-22-20-62/h11-18,47-50,61-62H,1,3,5,7,9-10,19-36H2,2,4,6,8H3. The van der Waals surface area contributed by atoms with E-state index in [-0.39, 0.29) is 111 Å². The maximum Gasteiger partial charge on any atom is 0.508 e. The number of esters is 6. The van der Waals surface area contributed by atoms with Crippen molar-refractivity contribution in [2.75, 3.05) is 119 Å². The molecule has 2 N–H and O–H groups in total. The lowest BCUT2D eigenvalue weighted by Crippen LogP contribution is -2.31. The molecule has 2 aromatic carbocycles. The summed E-state index contributed by atoms with van der Waals surface area (Å²) in [6, 6.07) is 9.94. The Hall–Kier alpha value is -9.78. The van der Waals surface area contributed by atoms with Crippen LogP contribution in [0.15, 0.2) is 122 Å². The Morgan fingerprint density at radius 2 is 0.533 bits per heavy atom. The molecule has 0 aromatic heterocycles. The van der Waals surface area contributed by atoms with E-state index in [4.69, 9.17) is 90.7 Å². The summed E-state index contributed by atoms with van der Waals surface area (Å²) >= 11 is 0. The van der Waals surface area contributed by atoms with Gasteiger partial charge in [0.2, 0.25) is 0 Å². The van der Waals surface area contributed by atoms with Crippen molar-refractivity contribution in [3.05, 3.63) is 144 Å². The summed E-state index contributed by atoms with van der Waals surface area (Å²) in [6.07, 6.45) is -9.81. The number of rotatable bonds is 43. The molecular weight excluding hydrogens is 1200 g/mol. The number of allylic oxidation sites excluding steroid dienone is 2. The number of carbonyl (C=O) groups is 10. The summed E-state index contributed by atoms with van der Waals surface area (Å²) in [7, 11) is 0. The monoisotopic (exact) mass is 1270 g/mol. The highest BCUT2D eigenvalue weighted by atomic mass is 16.8. The number of hydrogen-bond donors (Lipinski definition) is 2. The second-order valence-electron chi connectivity index (χ2n) is 18.4. The van der Waals surface area contributed by atoms with Gasteiger partial charge < -0.3 is 95.5 Å². The molecule has 494 valence electrons. The number of benzene rings is 2. The SMILES string of the molecule is C=C(C)C(=C)OCC(COC(=O)c1ccc(C(=O)OCC(COC(=C)C(=C)C)OC(=O)OCCOCCOCCOC(=O)OC(COC(=O)C(=C)C)COC(=O)c2ccc(C(=O)OCC(COC(=O)C(=C)C)OC(=O)OCCO)cc2)cc1)OC(=O)OCCO. The van der Waals surface area contributed by atoms with Crippen LogP contribution in [0, 0.1) is 0 Å². The summed E-state index contributed by atoms with van der Waals surface area (Å²) in [6.45, 7) is 21.3. The van der Waals surface area contributed by atoms with Crippen molar-refractivity contribution >= 4 is 60.4 Å². The van der Waals surface area contributed by atoms with Crippen molar-refractivity contribution in [1.82, 2.24) is 0 Å². The van der Waals surface area contributed by atoms with E-state index in [1.54, 1.807) is 13.8 Å². The van der Waals surface area contributed by atoms with Gasteiger partial charge in [0.1, 0.15) is 90.8 Å². The van der Waals surface area contributed by atoms with Crippen LogP contribution in [0.25, 0.3) is 0 Å². The number of aliphatic hydroxyl groups is 2. The van der Waals surface area contributed by atoms with Gasteiger partial charge >= 0.3 is 60.4 Å². The van der Waals surface area contributed by atoms with Crippen LogP contribution in [0.1, 0.15) is 69.1 Å². The van der Waals surface area contributed by atoms with E-state index in [1.165, 1.54) is 62.4 Å². The maximum absolute atomic E-state index is 13.0. The molecule has 0 saturated heterocycles. The zero-order valence-corrected chi connectivity index (χ0v) is 50.2. The maximum atomic E-state index is 13.0. The molecule has 2 aromatic rings. The molecule has 2 rings (SSSR count). The van der Waals surface area contributed by atoms with E-state index in [1.807, 2.05) is 0 Å².